The lowest BCUT2D eigenvalue weighted by molar-refractivity contribution is -0.142. The quantitative estimate of drug-likeness (QED) is 0.543. The van der Waals surface area contributed by atoms with Crippen LogP contribution in [0.2, 0.25) is 0 Å². The van der Waals surface area contributed by atoms with Gasteiger partial charge in [-0.25, -0.2) is 5.48 Å². The van der Waals surface area contributed by atoms with Crippen LogP contribution in [0.5, 0.6) is 0 Å². The number of nitrogens with one attached hydrogen (secondary N) is 1. The van der Waals surface area contributed by atoms with E-state index in [1.54, 1.807) is 0 Å². The zero-order valence-electron chi connectivity index (χ0n) is 16.2. The second-order valence-electron chi connectivity index (χ2n) is 7.04. The summed E-state index contributed by atoms with van der Waals surface area (Å²) < 4.78 is 0. The Hall–Kier alpha value is -2.69. The Morgan fingerprint density at radius 1 is 0.964 bits per heavy atom. The van der Waals surface area contributed by atoms with E-state index in [1.165, 1.54) is 10.8 Å². The predicted molar refractivity (Wildman–Crippen MR) is 111 cm³/mol. The minimum Gasteiger partial charge on any atom is -0.392 e. The second kappa shape index (κ2) is 10.0. The van der Waals surface area contributed by atoms with Gasteiger partial charge in [-0.3, -0.25) is 9.63 Å². The molecular formula is C24H27NO3. The van der Waals surface area contributed by atoms with Crippen molar-refractivity contribution in [1.29, 1.82) is 0 Å². The number of benzene rings is 3. The van der Waals surface area contributed by atoms with Gasteiger partial charge in [-0.15, -0.1) is 0 Å². The van der Waals surface area contributed by atoms with Gasteiger partial charge in [0, 0.05) is 0 Å². The Balaban J connectivity index is 1.58. The molecule has 3 aromatic rings. The van der Waals surface area contributed by atoms with Gasteiger partial charge >= 0.3 is 0 Å². The van der Waals surface area contributed by atoms with E-state index in [1.807, 2.05) is 49.4 Å². The Morgan fingerprint density at radius 3 is 2.43 bits per heavy atom. The molecule has 28 heavy (non-hydrogen) atoms. The first-order chi connectivity index (χ1) is 13.7. The number of carbonyl (C=O) groups excluding carboxylic acids is 1. The number of hydrogen-bond donors (Lipinski definition) is 2. The normalized spacial score (nSPS) is 13.2. The lowest BCUT2D eigenvalue weighted by Gasteiger charge is -2.21. The van der Waals surface area contributed by atoms with Gasteiger partial charge < -0.3 is 5.11 Å². The summed E-state index contributed by atoms with van der Waals surface area (Å²) in [6.07, 6.45) is 1.11. The van der Waals surface area contributed by atoms with Gasteiger partial charge in [0.2, 0.25) is 5.91 Å². The van der Waals surface area contributed by atoms with Gasteiger partial charge in [-0.1, -0.05) is 79.7 Å². The van der Waals surface area contributed by atoms with Gasteiger partial charge in [0.25, 0.3) is 0 Å². The monoisotopic (exact) mass is 377 g/mol. The van der Waals surface area contributed by atoms with Crippen molar-refractivity contribution < 1.29 is 14.7 Å². The number of hydrogen-bond acceptors (Lipinski definition) is 3. The molecule has 2 unspecified atom stereocenters. The maximum Gasteiger partial charge on any atom is 0.249 e. The maximum atomic E-state index is 12.6. The van der Waals surface area contributed by atoms with Crippen molar-refractivity contribution in [1.82, 2.24) is 5.48 Å². The minimum atomic E-state index is -0.694. The standard InChI is InChI=1S/C24H27NO3/c1-2-23(26)22(24(27)25-28-17-19-8-4-3-5-9-19)15-13-18-12-14-20-10-6-7-11-21(20)16-18/h3-12,14,16,22-23,26H,2,13,15,17H2,1H3,(H,25,27). The molecule has 0 spiro atoms. The number of hydroxylamine groups is 1. The summed E-state index contributed by atoms with van der Waals surface area (Å²) in [5, 5.41) is 12.7. The van der Waals surface area contributed by atoms with Gasteiger partial charge in [0.05, 0.1) is 18.6 Å². The third-order valence-electron chi connectivity index (χ3n) is 5.03. The van der Waals surface area contributed by atoms with Crippen LogP contribution in [0.25, 0.3) is 10.8 Å². The van der Waals surface area contributed by atoms with E-state index in [2.05, 4.69) is 35.8 Å². The molecule has 2 atom stereocenters. The third-order valence-corrected chi connectivity index (χ3v) is 5.03. The molecule has 4 nitrogen and oxygen atoms in total. The molecule has 0 saturated heterocycles. The average molecular weight is 377 g/mol. The first-order valence-electron chi connectivity index (χ1n) is 9.78. The van der Waals surface area contributed by atoms with E-state index < -0.39 is 12.0 Å². The highest BCUT2D eigenvalue weighted by molar-refractivity contribution is 5.83. The van der Waals surface area contributed by atoms with Crippen LogP contribution in [-0.2, 0) is 22.7 Å². The summed E-state index contributed by atoms with van der Waals surface area (Å²) in [7, 11) is 0. The highest BCUT2D eigenvalue weighted by Crippen LogP contribution is 2.20. The number of amides is 1. The predicted octanol–water partition coefficient (Wildman–Crippen LogP) is 4.41. The Morgan fingerprint density at radius 2 is 1.68 bits per heavy atom. The van der Waals surface area contributed by atoms with Crippen LogP contribution in [0.15, 0.2) is 72.8 Å². The smallest absolute Gasteiger partial charge is 0.249 e. The molecule has 3 rings (SSSR count). The van der Waals surface area contributed by atoms with Crippen molar-refractivity contribution in [3.8, 4) is 0 Å². The average Bonchev–Trinajstić information content (AvgIpc) is 2.74. The first kappa shape index (κ1) is 20.1. The molecule has 3 aromatic carbocycles. The summed E-state index contributed by atoms with van der Waals surface area (Å²) >= 11 is 0. The van der Waals surface area contributed by atoms with Crippen LogP contribution >= 0.6 is 0 Å². The number of aliphatic hydroxyl groups is 1. The second-order valence-corrected chi connectivity index (χ2v) is 7.04. The summed E-state index contributed by atoms with van der Waals surface area (Å²) in [6, 6.07) is 24.2. The fraction of sp³-hybridized carbons (Fsp3) is 0.292. The van der Waals surface area contributed by atoms with Crippen LogP contribution in [0.1, 0.15) is 30.9 Å². The molecule has 0 aliphatic rings. The van der Waals surface area contributed by atoms with Crippen molar-refractivity contribution in [2.75, 3.05) is 0 Å². The molecule has 146 valence electrons. The van der Waals surface area contributed by atoms with Crippen molar-refractivity contribution in [2.24, 2.45) is 5.92 Å². The highest BCUT2D eigenvalue weighted by Gasteiger charge is 2.25. The number of fused-ring (bicyclic) bond motifs is 1. The van der Waals surface area contributed by atoms with E-state index in [0.29, 0.717) is 19.4 Å². The number of carbonyl (C=O) groups is 1. The van der Waals surface area contributed by atoms with Crippen LogP contribution in [0.4, 0.5) is 0 Å². The largest absolute Gasteiger partial charge is 0.392 e. The van der Waals surface area contributed by atoms with Crippen LogP contribution < -0.4 is 5.48 Å². The van der Waals surface area contributed by atoms with Crippen molar-refractivity contribution in [3.05, 3.63) is 83.9 Å². The topological polar surface area (TPSA) is 58.6 Å². The SMILES string of the molecule is CCC(O)C(CCc1ccc2ccccc2c1)C(=O)NOCc1ccccc1. The lowest BCUT2D eigenvalue weighted by Crippen LogP contribution is -2.37. The van der Waals surface area contributed by atoms with Crippen LogP contribution in [0, 0.1) is 5.92 Å². The van der Waals surface area contributed by atoms with Crippen molar-refractivity contribution in [3.63, 3.8) is 0 Å². The van der Waals surface area contributed by atoms with Gasteiger partial charge in [-0.05, 0) is 41.2 Å². The maximum absolute atomic E-state index is 12.6. The van der Waals surface area contributed by atoms with Gasteiger partial charge in [0.1, 0.15) is 0 Å². The van der Waals surface area contributed by atoms with Crippen molar-refractivity contribution in [2.45, 2.75) is 38.9 Å². The zero-order valence-corrected chi connectivity index (χ0v) is 16.2. The van der Waals surface area contributed by atoms with Gasteiger partial charge in [-0.2, -0.15) is 0 Å². The molecule has 0 aliphatic carbocycles. The molecule has 0 bridgehead atoms. The first-order valence-corrected chi connectivity index (χ1v) is 9.78. The molecule has 0 heterocycles. The fourth-order valence-corrected chi connectivity index (χ4v) is 3.34. The van der Waals surface area contributed by atoms with E-state index in [0.717, 1.165) is 17.5 Å². The molecule has 0 aromatic heterocycles. The molecule has 0 radical (unpaired) electrons. The molecule has 0 aliphatic heterocycles. The van der Waals surface area contributed by atoms with Crippen LogP contribution in [0.3, 0.4) is 0 Å². The minimum absolute atomic E-state index is 0.272. The summed E-state index contributed by atoms with van der Waals surface area (Å²) in [5.41, 5.74) is 4.65. The molecule has 1 amide bonds. The number of aliphatic hydroxyl groups excluding tert-OH is 1. The van der Waals surface area contributed by atoms with Crippen molar-refractivity contribution >= 4 is 16.7 Å². The third kappa shape index (κ3) is 5.41. The molecular weight excluding hydrogens is 350 g/mol. The summed E-state index contributed by atoms with van der Waals surface area (Å²) in [4.78, 5) is 17.9. The number of aryl methyl sites for hydroxylation is 1. The van der Waals surface area contributed by atoms with Gasteiger partial charge in [0.15, 0.2) is 0 Å². The summed E-state index contributed by atoms with van der Waals surface area (Å²) in [5.74, 6) is -0.779. The Kier molecular flexibility index (Phi) is 7.18. The van der Waals surface area contributed by atoms with E-state index in [-0.39, 0.29) is 5.91 Å². The molecule has 4 heteroatoms. The Labute approximate surface area is 166 Å². The molecule has 2 N–H and O–H groups in total. The van der Waals surface area contributed by atoms with Crippen LogP contribution in [-0.4, -0.2) is 17.1 Å². The van der Waals surface area contributed by atoms with E-state index >= 15 is 0 Å². The fourth-order valence-electron chi connectivity index (χ4n) is 3.34. The highest BCUT2D eigenvalue weighted by atomic mass is 16.6. The van der Waals surface area contributed by atoms with E-state index in [4.69, 9.17) is 4.84 Å². The molecule has 0 fully saturated rings. The number of rotatable bonds is 9. The lowest BCUT2D eigenvalue weighted by atomic mass is 9.92. The van der Waals surface area contributed by atoms with E-state index in [9.17, 15) is 9.90 Å². The Bertz CT molecular complexity index is 895. The summed E-state index contributed by atoms with van der Waals surface area (Å²) in [6.45, 7) is 2.18. The molecule has 0 saturated carbocycles. The zero-order chi connectivity index (χ0) is 19.8.